The fraction of sp³-hybridized carbons (Fsp3) is 0.900. The lowest BCUT2D eigenvalue weighted by Gasteiger charge is -2.14. The van der Waals surface area contributed by atoms with Gasteiger partial charge in [0.15, 0.2) is 0 Å². The van der Waals surface area contributed by atoms with Crippen molar-refractivity contribution in [3.8, 4) is 0 Å². The minimum absolute atomic E-state index is 0.656. The molecule has 1 atom stereocenters. The standard InChI is InChI=1S/C10H21N5S/c1-4-9(11-5-2)7-6-8-16-10-12-13-14-15(10)3/h9,11H,4-8H2,1-3H3. The Kier molecular flexibility index (Phi) is 6.40. The Morgan fingerprint density at radius 3 is 2.81 bits per heavy atom. The Morgan fingerprint density at radius 2 is 2.25 bits per heavy atom. The molecule has 0 radical (unpaired) electrons. The van der Waals surface area contributed by atoms with Crippen molar-refractivity contribution in [1.82, 2.24) is 25.5 Å². The third kappa shape index (κ3) is 4.49. The maximum atomic E-state index is 3.94. The molecule has 0 aliphatic carbocycles. The summed E-state index contributed by atoms with van der Waals surface area (Å²) in [6.45, 7) is 5.44. The normalized spacial score (nSPS) is 12.9. The van der Waals surface area contributed by atoms with Gasteiger partial charge in [-0.05, 0) is 36.2 Å². The summed E-state index contributed by atoms with van der Waals surface area (Å²) < 4.78 is 1.71. The van der Waals surface area contributed by atoms with E-state index in [-0.39, 0.29) is 0 Å². The molecule has 0 aromatic carbocycles. The summed E-state index contributed by atoms with van der Waals surface area (Å²) in [6.07, 6.45) is 3.62. The van der Waals surface area contributed by atoms with Crippen molar-refractivity contribution in [3.63, 3.8) is 0 Å². The first-order valence-corrected chi connectivity index (χ1v) is 6.85. The van der Waals surface area contributed by atoms with Gasteiger partial charge in [-0.1, -0.05) is 25.6 Å². The monoisotopic (exact) mass is 243 g/mol. The maximum absolute atomic E-state index is 3.94. The molecule has 0 bridgehead atoms. The van der Waals surface area contributed by atoms with E-state index in [4.69, 9.17) is 0 Å². The first kappa shape index (κ1) is 13.4. The third-order valence-corrected chi connectivity index (χ3v) is 3.59. The van der Waals surface area contributed by atoms with Gasteiger partial charge in [0.05, 0.1) is 0 Å². The van der Waals surface area contributed by atoms with Crippen LogP contribution in [0.4, 0.5) is 0 Å². The van der Waals surface area contributed by atoms with E-state index in [0.717, 1.165) is 17.5 Å². The van der Waals surface area contributed by atoms with Crippen LogP contribution in [0.3, 0.4) is 0 Å². The predicted octanol–water partition coefficient (Wildman–Crippen LogP) is 1.47. The zero-order valence-corrected chi connectivity index (χ0v) is 11.1. The summed E-state index contributed by atoms with van der Waals surface area (Å²) >= 11 is 1.72. The van der Waals surface area contributed by atoms with Crippen molar-refractivity contribution < 1.29 is 0 Å². The van der Waals surface area contributed by atoms with E-state index in [9.17, 15) is 0 Å². The van der Waals surface area contributed by atoms with E-state index in [1.165, 1.54) is 19.3 Å². The maximum Gasteiger partial charge on any atom is 0.209 e. The summed E-state index contributed by atoms with van der Waals surface area (Å²) in [5.41, 5.74) is 0. The van der Waals surface area contributed by atoms with E-state index >= 15 is 0 Å². The number of tetrazole rings is 1. The lowest BCUT2D eigenvalue weighted by molar-refractivity contribution is 0.477. The van der Waals surface area contributed by atoms with Gasteiger partial charge in [0.25, 0.3) is 0 Å². The van der Waals surface area contributed by atoms with Gasteiger partial charge in [-0.15, -0.1) is 5.10 Å². The van der Waals surface area contributed by atoms with Crippen LogP contribution in [0.2, 0.25) is 0 Å². The topological polar surface area (TPSA) is 55.6 Å². The average molecular weight is 243 g/mol. The molecule has 1 aromatic rings. The van der Waals surface area contributed by atoms with E-state index in [0.29, 0.717) is 6.04 Å². The molecule has 5 nitrogen and oxygen atoms in total. The van der Waals surface area contributed by atoms with Crippen LogP contribution >= 0.6 is 11.8 Å². The minimum atomic E-state index is 0.656. The van der Waals surface area contributed by atoms with Crippen LogP contribution in [-0.2, 0) is 7.05 Å². The molecule has 0 aliphatic rings. The van der Waals surface area contributed by atoms with Crippen molar-refractivity contribution in [2.75, 3.05) is 12.3 Å². The SMILES string of the molecule is CCNC(CC)CCCSc1nnnn1C. The average Bonchev–Trinajstić information content (AvgIpc) is 2.69. The number of aryl methyl sites for hydroxylation is 1. The van der Waals surface area contributed by atoms with Crippen molar-refractivity contribution in [3.05, 3.63) is 0 Å². The zero-order chi connectivity index (χ0) is 11.8. The Labute approximate surface area is 101 Å². The number of nitrogens with one attached hydrogen (secondary N) is 1. The van der Waals surface area contributed by atoms with Crippen LogP contribution in [0.5, 0.6) is 0 Å². The van der Waals surface area contributed by atoms with Gasteiger partial charge in [-0.25, -0.2) is 4.68 Å². The first-order valence-electron chi connectivity index (χ1n) is 5.86. The first-order chi connectivity index (χ1) is 7.77. The molecular formula is C10H21N5S. The molecule has 0 spiro atoms. The summed E-state index contributed by atoms with van der Waals surface area (Å²) in [5, 5.41) is 15.7. The van der Waals surface area contributed by atoms with Gasteiger partial charge in [-0.2, -0.15) is 0 Å². The molecule has 6 heteroatoms. The Bertz CT molecular complexity index is 288. The Balaban J connectivity index is 2.14. The fourth-order valence-electron chi connectivity index (χ4n) is 1.58. The molecule has 0 saturated heterocycles. The number of rotatable bonds is 8. The lowest BCUT2D eigenvalue weighted by Crippen LogP contribution is -2.28. The zero-order valence-electron chi connectivity index (χ0n) is 10.3. The number of nitrogens with zero attached hydrogens (tertiary/aromatic N) is 4. The highest BCUT2D eigenvalue weighted by Crippen LogP contribution is 2.15. The largest absolute Gasteiger partial charge is 0.314 e. The molecule has 0 amide bonds. The highest BCUT2D eigenvalue weighted by molar-refractivity contribution is 7.99. The van der Waals surface area contributed by atoms with Crippen molar-refractivity contribution >= 4 is 11.8 Å². The molecule has 1 rings (SSSR count). The van der Waals surface area contributed by atoms with Gasteiger partial charge in [0, 0.05) is 18.8 Å². The second-order valence-corrected chi connectivity index (χ2v) is 4.80. The fourth-order valence-corrected chi connectivity index (χ4v) is 2.39. The molecule has 1 unspecified atom stereocenters. The van der Waals surface area contributed by atoms with Crippen molar-refractivity contribution in [2.24, 2.45) is 7.05 Å². The van der Waals surface area contributed by atoms with Crippen LogP contribution in [-0.4, -0.2) is 38.5 Å². The summed E-state index contributed by atoms with van der Waals surface area (Å²) in [5.74, 6) is 1.08. The summed E-state index contributed by atoms with van der Waals surface area (Å²) in [6, 6.07) is 0.656. The van der Waals surface area contributed by atoms with Crippen LogP contribution in [0, 0.1) is 0 Å². The van der Waals surface area contributed by atoms with Gasteiger partial charge in [-0.3, -0.25) is 0 Å². The summed E-state index contributed by atoms with van der Waals surface area (Å²) in [7, 11) is 1.87. The molecular weight excluding hydrogens is 222 g/mol. The predicted molar refractivity (Wildman–Crippen MR) is 66.5 cm³/mol. The van der Waals surface area contributed by atoms with Crippen LogP contribution in [0.1, 0.15) is 33.1 Å². The number of hydrogen-bond acceptors (Lipinski definition) is 5. The third-order valence-electron chi connectivity index (χ3n) is 2.49. The quantitative estimate of drug-likeness (QED) is 0.553. The van der Waals surface area contributed by atoms with E-state index in [2.05, 4.69) is 34.7 Å². The van der Waals surface area contributed by atoms with Crippen LogP contribution < -0.4 is 5.32 Å². The summed E-state index contributed by atoms with van der Waals surface area (Å²) in [4.78, 5) is 0. The molecule has 1 aromatic heterocycles. The molecule has 0 saturated carbocycles. The van der Waals surface area contributed by atoms with Crippen LogP contribution in [0.15, 0.2) is 5.16 Å². The van der Waals surface area contributed by atoms with E-state index in [1.807, 2.05) is 7.05 Å². The van der Waals surface area contributed by atoms with Crippen LogP contribution in [0.25, 0.3) is 0 Å². The minimum Gasteiger partial charge on any atom is -0.314 e. The Hall–Kier alpha value is -0.620. The van der Waals surface area contributed by atoms with Crippen molar-refractivity contribution in [1.29, 1.82) is 0 Å². The van der Waals surface area contributed by atoms with E-state index < -0.39 is 0 Å². The smallest absolute Gasteiger partial charge is 0.209 e. The van der Waals surface area contributed by atoms with Gasteiger partial charge >= 0.3 is 0 Å². The lowest BCUT2D eigenvalue weighted by atomic mass is 10.1. The molecule has 1 N–H and O–H groups in total. The van der Waals surface area contributed by atoms with Gasteiger partial charge < -0.3 is 5.32 Å². The van der Waals surface area contributed by atoms with Gasteiger partial charge in [0.2, 0.25) is 5.16 Å². The van der Waals surface area contributed by atoms with Crippen molar-refractivity contribution in [2.45, 2.75) is 44.3 Å². The molecule has 1 heterocycles. The number of aromatic nitrogens is 4. The highest BCUT2D eigenvalue weighted by Gasteiger charge is 2.05. The number of hydrogen-bond donors (Lipinski definition) is 1. The number of thioether (sulfide) groups is 1. The molecule has 92 valence electrons. The van der Waals surface area contributed by atoms with Gasteiger partial charge in [0.1, 0.15) is 0 Å². The highest BCUT2D eigenvalue weighted by atomic mass is 32.2. The second kappa shape index (κ2) is 7.62. The molecule has 16 heavy (non-hydrogen) atoms. The molecule has 0 fully saturated rings. The van der Waals surface area contributed by atoms with E-state index in [1.54, 1.807) is 16.4 Å². The molecule has 0 aliphatic heterocycles. The Morgan fingerprint density at radius 1 is 1.44 bits per heavy atom. The second-order valence-electron chi connectivity index (χ2n) is 3.74.